The zero-order valence-corrected chi connectivity index (χ0v) is 16.1. The first-order chi connectivity index (χ1) is 13.7. The van der Waals surface area contributed by atoms with Gasteiger partial charge in [0.25, 0.3) is 0 Å². The van der Waals surface area contributed by atoms with Crippen molar-refractivity contribution in [3.8, 4) is 11.4 Å². The Balaban J connectivity index is 1.66. The van der Waals surface area contributed by atoms with Crippen molar-refractivity contribution in [1.29, 1.82) is 0 Å². The molecular weight excluding hydrogens is 356 g/mol. The van der Waals surface area contributed by atoms with Crippen LogP contribution in [0.2, 0.25) is 0 Å². The number of amides is 2. The van der Waals surface area contributed by atoms with Crippen LogP contribution in [0.15, 0.2) is 53.6 Å². The lowest BCUT2D eigenvalue weighted by atomic mass is 10.2. The van der Waals surface area contributed by atoms with Crippen molar-refractivity contribution in [2.24, 2.45) is 0 Å². The van der Waals surface area contributed by atoms with Gasteiger partial charge in [-0.25, -0.2) is 4.79 Å². The molecule has 0 saturated heterocycles. The van der Waals surface area contributed by atoms with Crippen molar-refractivity contribution in [3.63, 3.8) is 0 Å². The fraction of sp³-hybridized carbons (Fsp3) is 0.350. The highest BCUT2D eigenvalue weighted by atomic mass is 16.5. The average molecular weight is 380 g/mol. The summed E-state index contributed by atoms with van der Waals surface area (Å²) in [5, 5.41) is 6.94. The molecule has 1 N–H and O–H groups in total. The van der Waals surface area contributed by atoms with E-state index >= 15 is 0 Å². The van der Waals surface area contributed by atoms with Crippen molar-refractivity contribution in [3.05, 3.63) is 60.5 Å². The standard InChI is InChI=1S/C20H24N6O2/c1-3-4-12-26(14-16-6-5-9-22-13-16)20(27)23-15(2)19-24-18(25-28-19)17-7-10-21-11-8-17/h5-11,13,15H,3-4,12,14H2,1-2H3,(H,23,27)/t15-/m0/s1. The summed E-state index contributed by atoms with van der Waals surface area (Å²) in [6.45, 7) is 5.08. The third-order valence-corrected chi connectivity index (χ3v) is 4.26. The summed E-state index contributed by atoms with van der Waals surface area (Å²) in [5.41, 5.74) is 1.80. The van der Waals surface area contributed by atoms with Gasteiger partial charge in [0.05, 0.1) is 0 Å². The highest BCUT2D eigenvalue weighted by Gasteiger charge is 2.21. The maximum atomic E-state index is 12.8. The molecule has 0 spiro atoms. The van der Waals surface area contributed by atoms with Gasteiger partial charge in [-0.05, 0) is 37.1 Å². The first-order valence-electron chi connectivity index (χ1n) is 9.35. The fourth-order valence-corrected chi connectivity index (χ4v) is 2.68. The number of aromatic nitrogens is 4. The molecule has 8 nitrogen and oxygen atoms in total. The molecule has 0 unspecified atom stereocenters. The lowest BCUT2D eigenvalue weighted by Crippen LogP contribution is -2.41. The van der Waals surface area contributed by atoms with E-state index in [1.165, 1.54) is 0 Å². The molecule has 0 aliphatic carbocycles. The fourth-order valence-electron chi connectivity index (χ4n) is 2.68. The normalized spacial score (nSPS) is 11.8. The van der Waals surface area contributed by atoms with Crippen molar-refractivity contribution in [2.75, 3.05) is 6.54 Å². The largest absolute Gasteiger partial charge is 0.337 e. The van der Waals surface area contributed by atoms with Gasteiger partial charge in [0.15, 0.2) is 0 Å². The van der Waals surface area contributed by atoms with Crippen LogP contribution in [-0.2, 0) is 6.54 Å². The molecule has 0 radical (unpaired) electrons. The van der Waals surface area contributed by atoms with Gasteiger partial charge in [-0.1, -0.05) is 24.6 Å². The molecule has 28 heavy (non-hydrogen) atoms. The molecule has 2 amide bonds. The summed E-state index contributed by atoms with van der Waals surface area (Å²) in [6, 6.07) is 6.85. The first kappa shape index (κ1) is 19.5. The van der Waals surface area contributed by atoms with E-state index in [9.17, 15) is 4.79 Å². The quantitative estimate of drug-likeness (QED) is 0.641. The number of unbranched alkanes of at least 4 members (excludes halogenated alkanes) is 1. The minimum absolute atomic E-state index is 0.173. The Kier molecular flexibility index (Phi) is 6.67. The predicted molar refractivity (Wildman–Crippen MR) is 104 cm³/mol. The predicted octanol–water partition coefficient (Wildman–Crippen LogP) is 3.60. The van der Waals surface area contributed by atoms with Crippen LogP contribution in [-0.4, -0.2) is 37.6 Å². The number of carbonyl (C=O) groups is 1. The number of urea groups is 1. The Hall–Kier alpha value is -3.29. The number of nitrogens with one attached hydrogen (secondary N) is 1. The highest BCUT2D eigenvalue weighted by molar-refractivity contribution is 5.74. The molecule has 146 valence electrons. The van der Waals surface area contributed by atoms with Crippen LogP contribution in [0.4, 0.5) is 4.79 Å². The lowest BCUT2D eigenvalue weighted by molar-refractivity contribution is 0.188. The molecule has 0 saturated carbocycles. The zero-order chi connectivity index (χ0) is 19.8. The van der Waals surface area contributed by atoms with Crippen LogP contribution in [0.25, 0.3) is 11.4 Å². The van der Waals surface area contributed by atoms with Crippen LogP contribution in [0.1, 0.15) is 44.2 Å². The van der Waals surface area contributed by atoms with E-state index in [0.29, 0.717) is 24.8 Å². The van der Waals surface area contributed by atoms with Gasteiger partial charge in [-0.15, -0.1) is 0 Å². The second kappa shape index (κ2) is 9.59. The molecule has 0 bridgehead atoms. The van der Waals surface area contributed by atoms with E-state index in [1.807, 2.05) is 19.1 Å². The van der Waals surface area contributed by atoms with Crippen LogP contribution in [0.5, 0.6) is 0 Å². The van der Waals surface area contributed by atoms with E-state index in [0.717, 1.165) is 24.0 Å². The van der Waals surface area contributed by atoms with E-state index in [2.05, 4.69) is 32.3 Å². The molecule has 3 heterocycles. The van der Waals surface area contributed by atoms with Gasteiger partial charge in [-0.3, -0.25) is 9.97 Å². The summed E-state index contributed by atoms with van der Waals surface area (Å²) >= 11 is 0. The number of hydrogen-bond acceptors (Lipinski definition) is 6. The maximum absolute atomic E-state index is 12.8. The minimum atomic E-state index is -0.409. The topological polar surface area (TPSA) is 97.0 Å². The Bertz CT molecular complexity index is 869. The van der Waals surface area contributed by atoms with Crippen molar-refractivity contribution in [1.82, 2.24) is 30.3 Å². The maximum Gasteiger partial charge on any atom is 0.318 e. The van der Waals surface area contributed by atoms with E-state index in [-0.39, 0.29) is 6.03 Å². The third-order valence-electron chi connectivity index (χ3n) is 4.26. The van der Waals surface area contributed by atoms with Crippen LogP contribution >= 0.6 is 0 Å². The van der Waals surface area contributed by atoms with Crippen LogP contribution in [0, 0.1) is 0 Å². The van der Waals surface area contributed by atoms with Crippen LogP contribution in [0.3, 0.4) is 0 Å². The summed E-state index contributed by atoms with van der Waals surface area (Å²) < 4.78 is 5.34. The highest BCUT2D eigenvalue weighted by Crippen LogP contribution is 2.18. The van der Waals surface area contributed by atoms with E-state index in [1.54, 1.807) is 41.8 Å². The van der Waals surface area contributed by atoms with Crippen molar-refractivity contribution < 1.29 is 9.32 Å². The smallest absolute Gasteiger partial charge is 0.318 e. The molecule has 0 fully saturated rings. The van der Waals surface area contributed by atoms with Gasteiger partial charge in [0.2, 0.25) is 11.7 Å². The minimum Gasteiger partial charge on any atom is -0.337 e. The Morgan fingerprint density at radius 3 is 2.75 bits per heavy atom. The van der Waals surface area contributed by atoms with Gasteiger partial charge in [0.1, 0.15) is 6.04 Å². The van der Waals surface area contributed by atoms with Gasteiger partial charge >= 0.3 is 6.03 Å². The van der Waals surface area contributed by atoms with E-state index < -0.39 is 6.04 Å². The van der Waals surface area contributed by atoms with Crippen molar-refractivity contribution in [2.45, 2.75) is 39.3 Å². The van der Waals surface area contributed by atoms with E-state index in [4.69, 9.17) is 4.52 Å². The Morgan fingerprint density at radius 2 is 2.04 bits per heavy atom. The lowest BCUT2D eigenvalue weighted by Gasteiger charge is -2.24. The molecule has 1 atom stereocenters. The molecule has 0 aromatic carbocycles. The Labute approximate surface area is 164 Å². The monoisotopic (exact) mass is 380 g/mol. The zero-order valence-electron chi connectivity index (χ0n) is 16.1. The molecule has 0 aliphatic heterocycles. The van der Waals surface area contributed by atoms with Crippen molar-refractivity contribution >= 4 is 6.03 Å². The third kappa shape index (κ3) is 5.12. The first-order valence-corrected chi connectivity index (χ1v) is 9.35. The van der Waals surface area contributed by atoms with Crippen LogP contribution < -0.4 is 5.32 Å². The summed E-state index contributed by atoms with van der Waals surface area (Å²) in [7, 11) is 0. The molecule has 3 rings (SSSR count). The number of hydrogen-bond donors (Lipinski definition) is 1. The van der Waals surface area contributed by atoms with Gasteiger partial charge < -0.3 is 14.7 Å². The SMILES string of the molecule is CCCCN(Cc1cccnc1)C(=O)N[C@@H](C)c1nc(-c2ccncc2)no1. The summed E-state index contributed by atoms with van der Waals surface area (Å²) in [5.74, 6) is 0.827. The Morgan fingerprint density at radius 1 is 1.21 bits per heavy atom. The molecule has 3 aromatic rings. The second-order valence-electron chi connectivity index (χ2n) is 6.50. The molecule has 3 aromatic heterocycles. The van der Waals surface area contributed by atoms with Gasteiger partial charge in [0, 0.05) is 43.4 Å². The average Bonchev–Trinajstić information content (AvgIpc) is 3.23. The number of nitrogens with zero attached hydrogens (tertiary/aromatic N) is 5. The molecular formula is C20H24N6O2. The molecule has 8 heteroatoms. The number of rotatable bonds is 8. The number of pyridine rings is 2. The number of carbonyl (C=O) groups excluding carboxylic acids is 1. The second-order valence-corrected chi connectivity index (χ2v) is 6.50. The summed E-state index contributed by atoms with van der Waals surface area (Å²) in [4.78, 5) is 27.1. The molecule has 0 aliphatic rings. The summed E-state index contributed by atoms with van der Waals surface area (Å²) in [6.07, 6.45) is 8.76. The van der Waals surface area contributed by atoms with Gasteiger partial charge in [-0.2, -0.15) is 4.98 Å².